The van der Waals surface area contributed by atoms with Gasteiger partial charge >= 0.3 is 0 Å². The fourth-order valence-electron chi connectivity index (χ4n) is 0.980. The summed E-state index contributed by atoms with van der Waals surface area (Å²) in [5, 5.41) is 20.7. The van der Waals surface area contributed by atoms with Gasteiger partial charge in [-0.1, -0.05) is 13.8 Å². The quantitative estimate of drug-likeness (QED) is 0.445. The lowest BCUT2D eigenvalue weighted by Gasteiger charge is -2.30. The van der Waals surface area contributed by atoms with Crippen LogP contribution in [0.5, 0.6) is 0 Å². The highest BCUT2D eigenvalue weighted by Gasteiger charge is 2.29. The Balaban J connectivity index is 4.37. The Kier molecular flexibility index (Phi) is 5.68. The van der Waals surface area contributed by atoms with Crippen LogP contribution in [-0.2, 0) is 4.79 Å². The lowest BCUT2D eigenvalue weighted by atomic mass is 9.97. The minimum absolute atomic E-state index is 0.290. The van der Waals surface area contributed by atoms with E-state index in [4.69, 9.17) is 15.9 Å². The summed E-state index contributed by atoms with van der Waals surface area (Å²) in [5.41, 5.74) is 4.57. The van der Waals surface area contributed by atoms with E-state index in [9.17, 15) is 4.79 Å². The van der Waals surface area contributed by atoms with Crippen LogP contribution in [0, 0.1) is 0 Å². The van der Waals surface area contributed by atoms with Gasteiger partial charge in [-0.05, 0) is 12.8 Å². The molecule has 1 amide bonds. The van der Waals surface area contributed by atoms with E-state index in [2.05, 4.69) is 5.32 Å². The van der Waals surface area contributed by atoms with Crippen molar-refractivity contribution in [2.24, 2.45) is 5.73 Å². The van der Waals surface area contributed by atoms with Crippen LogP contribution in [0.1, 0.15) is 26.7 Å². The third-order valence-corrected chi connectivity index (χ3v) is 2.45. The van der Waals surface area contributed by atoms with E-state index in [0.29, 0.717) is 12.8 Å². The van der Waals surface area contributed by atoms with E-state index in [1.165, 1.54) is 0 Å². The van der Waals surface area contributed by atoms with Crippen molar-refractivity contribution in [2.45, 2.75) is 38.3 Å². The number of carbonyl (C=O) groups is 1. The number of nitrogens with one attached hydrogen (secondary N) is 1. The first-order valence-corrected chi connectivity index (χ1v) is 4.84. The molecule has 0 saturated carbocycles. The Morgan fingerprint density at radius 1 is 1.43 bits per heavy atom. The second-order valence-corrected chi connectivity index (χ2v) is 3.45. The van der Waals surface area contributed by atoms with Gasteiger partial charge in [0.25, 0.3) is 0 Å². The Labute approximate surface area is 84.3 Å². The molecule has 5 heteroatoms. The van der Waals surface area contributed by atoms with Crippen LogP contribution in [0.2, 0.25) is 0 Å². The predicted octanol–water partition coefficient (Wildman–Crippen LogP) is -1.03. The van der Waals surface area contributed by atoms with Gasteiger partial charge in [0, 0.05) is 0 Å². The topological polar surface area (TPSA) is 95.6 Å². The Morgan fingerprint density at radius 3 is 2.21 bits per heavy atom. The van der Waals surface area contributed by atoms with Gasteiger partial charge in [0.05, 0.1) is 24.8 Å². The molecule has 0 heterocycles. The van der Waals surface area contributed by atoms with Crippen molar-refractivity contribution < 1.29 is 15.0 Å². The predicted molar refractivity (Wildman–Crippen MR) is 53.6 cm³/mol. The number of carbonyl (C=O) groups excluding carboxylic acids is 1. The maximum Gasteiger partial charge on any atom is 0.237 e. The van der Waals surface area contributed by atoms with Gasteiger partial charge in [0.1, 0.15) is 0 Å². The summed E-state index contributed by atoms with van der Waals surface area (Å²) >= 11 is 0. The highest BCUT2D eigenvalue weighted by Crippen LogP contribution is 2.08. The number of amides is 1. The zero-order valence-electron chi connectivity index (χ0n) is 8.79. The van der Waals surface area contributed by atoms with Crippen molar-refractivity contribution in [1.29, 1.82) is 0 Å². The molecular formula is C9H20N2O3. The van der Waals surface area contributed by atoms with E-state index < -0.39 is 11.6 Å². The van der Waals surface area contributed by atoms with Gasteiger partial charge in [-0.25, -0.2) is 0 Å². The molecule has 0 aromatic heterocycles. The molecular weight excluding hydrogens is 184 g/mol. The van der Waals surface area contributed by atoms with Gasteiger partial charge in [-0.3, -0.25) is 4.79 Å². The minimum Gasteiger partial charge on any atom is -0.394 e. The molecule has 0 aliphatic rings. The molecule has 84 valence electrons. The minimum atomic E-state index is -0.941. The van der Waals surface area contributed by atoms with Crippen molar-refractivity contribution in [2.75, 3.05) is 13.2 Å². The zero-order valence-corrected chi connectivity index (χ0v) is 8.79. The molecule has 0 spiro atoms. The van der Waals surface area contributed by atoms with Crippen molar-refractivity contribution in [1.82, 2.24) is 5.32 Å². The smallest absolute Gasteiger partial charge is 0.237 e. The first-order chi connectivity index (χ1) is 6.55. The standard InChI is InChI=1S/C9H20N2O3/c1-3-7(10)8(14)11-9(4-2,5-12)6-13/h7,12-13H,3-6,10H2,1-2H3,(H,11,14). The monoisotopic (exact) mass is 204 g/mol. The molecule has 5 N–H and O–H groups in total. The molecule has 1 atom stereocenters. The Morgan fingerprint density at radius 2 is 1.93 bits per heavy atom. The fourth-order valence-corrected chi connectivity index (χ4v) is 0.980. The van der Waals surface area contributed by atoms with Gasteiger partial charge in [0.2, 0.25) is 5.91 Å². The molecule has 14 heavy (non-hydrogen) atoms. The van der Waals surface area contributed by atoms with Gasteiger partial charge in [-0.2, -0.15) is 0 Å². The summed E-state index contributed by atoms with van der Waals surface area (Å²) < 4.78 is 0. The molecule has 0 aromatic carbocycles. The lowest BCUT2D eigenvalue weighted by molar-refractivity contribution is -0.125. The van der Waals surface area contributed by atoms with E-state index in [0.717, 1.165) is 0 Å². The van der Waals surface area contributed by atoms with Crippen molar-refractivity contribution >= 4 is 5.91 Å². The van der Waals surface area contributed by atoms with E-state index >= 15 is 0 Å². The van der Waals surface area contributed by atoms with Gasteiger partial charge < -0.3 is 21.3 Å². The summed E-state index contributed by atoms with van der Waals surface area (Å²) in [6.07, 6.45) is 0.991. The first kappa shape index (κ1) is 13.4. The first-order valence-electron chi connectivity index (χ1n) is 4.84. The molecule has 1 unspecified atom stereocenters. The SMILES string of the molecule is CCC(N)C(=O)NC(CC)(CO)CO. The Hall–Kier alpha value is -0.650. The van der Waals surface area contributed by atoms with Gasteiger partial charge in [-0.15, -0.1) is 0 Å². The number of aliphatic hydroxyl groups is 2. The third-order valence-electron chi connectivity index (χ3n) is 2.45. The van der Waals surface area contributed by atoms with E-state index in [-0.39, 0.29) is 19.1 Å². The van der Waals surface area contributed by atoms with E-state index in [1.54, 1.807) is 13.8 Å². The van der Waals surface area contributed by atoms with Crippen molar-refractivity contribution in [3.8, 4) is 0 Å². The van der Waals surface area contributed by atoms with Crippen molar-refractivity contribution in [3.05, 3.63) is 0 Å². The van der Waals surface area contributed by atoms with Crippen LogP contribution in [0.25, 0.3) is 0 Å². The van der Waals surface area contributed by atoms with Crippen LogP contribution in [0.4, 0.5) is 0 Å². The second-order valence-electron chi connectivity index (χ2n) is 3.45. The summed E-state index contributed by atoms with van der Waals surface area (Å²) in [6.45, 7) is 3.00. The molecule has 0 aliphatic heterocycles. The average molecular weight is 204 g/mol. The number of nitrogens with two attached hydrogens (primary N) is 1. The third kappa shape index (κ3) is 3.25. The molecule has 0 radical (unpaired) electrons. The number of aliphatic hydroxyl groups excluding tert-OH is 2. The van der Waals surface area contributed by atoms with Crippen molar-refractivity contribution in [3.63, 3.8) is 0 Å². The average Bonchev–Trinajstić information content (AvgIpc) is 2.24. The summed E-state index contributed by atoms with van der Waals surface area (Å²) in [5.74, 6) is -0.336. The summed E-state index contributed by atoms with van der Waals surface area (Å²) in [7, 11) is 0. The lowest BCUT2D eigenvalue weighted by Crippen LogP contribution is -2.57. The molecule has 0 fully saturated rings. The highest BCUT2D eigenvalue weighted by atomic mass is 16.3. The molecule has 0 aliphatic carbocycles. The molecule has 0 rings (SSSR count). The normalized spacial score (nSPS) is 13.8. The second kappa shape index (κ2) is 5.95. The number of hydrogen-bond acceptors (Lipinski definition) is 4. The largest absolute Gasteiger partial charge is 0.394 e. The maximum absolute atomic E-state index is 11.4. The van der Waals surface area contributed by atoms with Crippen LogP contribution in [0.15, 0.2) is 0 Å². The maximum atomic E-state index is 11.4. The molecule has 0 saturated heterocycles. The zero-order chi connectivity index (χ0) is 11.2. The van der Waals surface area contributed by atoms with E-state index in [1.807, 2.05) is 0 Å². The summed E-state index contributed by atoms with van der Waals surface area (Å²) in [4.78, 5) is 11.4. The summed E-state index contributed by atoms with van der Waals surface area (Å²) in [6, 6.07) is -0.584. The molecule has 0 bridgehead atoms. The number of rotatable bonds is 6. The van der Waals surface area contributed by atoms with Crippen LogP contribution in [0.3, 0.4) is 0 Å². The highest BCUT2D eigenvalue weighted by molar-refractivity contribution is 5.82. The molecule has 0 aromatic rings. The fraction of sp³-hybridized carbons (Fsp3) is 0.889. The van der Waals surface area contributed by atoms with Crippen LogP contribution < -0.4 is 11.1 Å². The Bertz CT molecular complexity index is 173. The number of hydrogen-bond donors (Lipinski definition) is 4. The van der Waals surface area contributed by atoms with Crippen LogP contribution in [-0.4, -0.2) is 40.9 Å². The van der Waals surface area contributed by atoms with Crippen LogP contribution >= 0.6 is 0 Å². The van der Waals surface area contributed by atoms with Gasteiger partial charge in [0.15, 0.2) is 0 Å². The molecule has 5 nitrogen and oxygen atoms in total.